The summed E-state index contributed by atoms with van der Waals surface area (Å²) in [5.41, 5.74) is 6.73. The second-order valence-corrected chi connectivity index (χ2v) is 10.8. The molecule has 0 saturated heterocycles. The van der Waals surface area contributed by atoms with Gasteiger partial charge in [0.25, 0.3) is 0 Å². The Morgan fingerprint density at radius 2 is 1.82 bits per heavy atom. The van der Waals surface area contributed by atoms with Gasteiger partial charge in [0, 0.05) is 5.92 Å². The average Bonchev–Trinajstić information content (AvgIpc) is 2.92. The topological polar surface area (TPSA) is 23.9 Å². The Bertz CT molecular complexity index is 992. The Morgan fingerprint density at radius 3 is 2.59 bits per heavy atom. The van der Waals surface area contributed by atoms with Gasteiger partial charge in [0.1, 0.15) is 0 Å². The Balaban J connectivity index is 1.26. The van der Waals surface area contributed by atoms with Gasteiger partial charge in [-0.15, -0.1) is 0 Å². The SMILES string of the molecule is N=CCC/C=C/C1C=CC(C2CCC(C3CC=C(C4CC=CCC4)CC3)=C3C=CC=CC32)=CC1. The number of fused-ring (bicyclic) bond motifs is 1. The van der Waals surface area contributed by atoms with Crippen LogP contribution in [-0.4, -0.2) is 6.21 Å². The Labute approximate surface area is 207 Å². The first kappa shape index (κ1) is 23.3. The molecule has 5 aliphatic rings. The molecule has 178 valence electrons. The summed E-state index contributed by atoms with van der Waals surface area (Å²) in [5, 5.41) is 7.17. The highest BCUT2D eigenvalue weighted by molar-refractivity contribution is 5.53. The van der Waals surface area contributed by atoms with Gasteiger partial charge in [-0.3, -0.25) is 0 Å². The van der Waals surface area contributed by atoms with Gasteiger partial charge in [0.15, 0.2) is 0 Å². The third-order valence-corrected chi connectivity index (χ3v) is 8.78. The van der Waals surface area contributed by atoms with Gasteiger partial charge in [-0.2, -0.15) is 0 Å². The highest BCUT2D eigenvalue weighted by Gasteiger charge is 2.34. The van der Waals surface area contributed by atoms with Crippen LogP contribution in [0.15, 0.2) is 95.2 Å². The molecule has 5 rings (SSSR count). The lowest BCUT2D eigenvalue weighted by Crippen LogP contribution is -2.27. The molecule has 0 bridgehead atoms. The Morgan fingerprint density at radius 1 is 0.853 bits per heavy atom. The van der Waals surface area contributed by atoms with Gasteiger partial charge in [-0.1, -0.05) is 84.1 Å². The summed E-state index contributed by atoms with van der Waals surface area (Å²) in [6.07, 6.45) is 43.7. The van der Waals surface area contributed by atoms with Crippen molar-refractivity contribution in [3.05, 3.63) is 95.2 Å². The molecule has 5 unspecified atom stereocenters. The fraction of sp³-hybridized carbons (Fsp3) is 0.485. The maximum atomic E-state index is 7.17. The van der Waals surface area contributed by atoms with Crippen LogP contribution in [0.3, 0.4) is 0 Å². The molecule has 0 amide bonds. The summed E-state index contributed by atoms with van der Waals surface area (Å²) < 4.78 is 0. The van der Waals surface area contributed by atoms with Crippen LogP contribution in [0.4, 0.5) is 0 Å². The number of allylic oxidation sites excluding steroid dienone is 16. The summed E-state index contributed by atoms with van der Waals surface area (Å²) in [6.45, 7) is 0. The molecule has 5 atom stereocenters. The molecule has 1 nitrogen and oxygen atoms in total. The van der Waals surface area contributed by atoms with Gasteiger partial charge in [-0.05, 0) is 112 Å². The first-order chi connectivity index (χ1) is 16.8. The lowest BCUT2D eigenvalue weighted by molar-refractivity contribution is 0.398. The van der Waals surface area contributed by atoms with Crippen LogP contribution in [0.1, 0.15) is 70.6 Å². The van der Waals surface area contributed by atoms with Crippen LogP contribution in [0, 0.1) is 35.0 Å². The summed E-state index contributed by atoms with van der Waals surface area (Å²) in [6, 6.07) is 0. The van der Waals surface area contributed by atoms with E-state index in [2.05, 4.69) is 72.9 Å². The van der Waals surface area contributed by atoms with Crippen molar-refractivity contribution in [1.82, 2.24) is 0 Å². The number of rotatable bonds is 7. The van der Waals surface area contributed by atoms with E-state index in [0.29, 0.717) is 17.8 Å². The quantitative estimate of drug-likeness (QED) is 0.227. The average molecular weight is 452 g/mol. The summed E-state index contributed by atoms with van der Waals surface area (Å²) in [5.74, 6) is 3.28. The van der Waals surface area contributed by atoms with Gasteiger partial charge in [-0.25, -0.2) is 0 Å². The summed E-state index contributed by atoms with van der Waals surface area (Å²) in [4.78, 5) is 0. The minimum absolute atomic E-state index is 0.522. The summed E-state index contributed by atoms with van der Waals surface area (Å²) in [7, 11) is 0. The minimum atomic E-state index is 0.522. The molecule has 0 aromatic heterocycles. The predicted octanol–water partition coefficient (Wildman–Crippen LogP) is 9.01. The largest absolute Gasteiger partial charge is 0.313 e. The van der Waals surface area contributed by atoms with E-state index in [1.807, 2.05) is 0 Å². The van der Waals surface area contributed by atoms with E-state index in [9.17, 15) is 0 Å². The van der Waals surface area contributed by atoms with E-state index in [0.717, 1.165) is 31.1 Å². The third-order valence-electron chi connectivity index (χ3n) is 8.78. The molecule has 0 fully saturated rings. The first-order valence-corrected chi connectivity index (χ1v) is 13.8. The lowest BCUT2D eigenvalue weighted by atomic mass is 9.65. The monoisotopic (exact) mass is 451 g/mol. The highest BCUT2D eigenvalue weighted by atomic mass is 14.4. The molecule has 1 heteroatoms. The van der Waals surface area contributed by atoms with Crippen molar-refractivity contribution < 1.29 is 0 Å². The van der Waals surface area contributed by atoms with E-state index in [-0.39, 0.29) is 0 Å². The van der Waals surface area contributed by atoms with E-state index in [4.69, 9.17) is 5.41 Å². The fourth-order valence-electron chi connectivity index (χ4n) is 6.87. The van der Waals surface area contributed by atoms with Crippen LogP contribution in [-0.2, 0) is 0 Å². The molecule has 0 aromatic rings. The van der Waals surface area contributed by atoms with E-state index >= 15 is 0 Å². The standard InChI is InChI=1S/C33H41N/c34-24-8-2-3-9-25-14-16-28(17-15-25)30-22-23-31(33-13-7-6-12-32(30)33)29-20-18-27(19-21-29)26-10-4-1-5-11-26/h1,3-4,6-7,9,12-14,16-18,24-26,29-30,32,34H,2,5,8,10-11,15,19-23H2/b9-3+,34-24?. The van der Waals surface area contributed by atoms with Crippen molar-refractivity contribution in [2.75, 3.05) is 0 Å². The second-order valence-electron chi connectivity index (χ2n) is 10.8. The van der Waals surface area contributed by atoms with Gasteiger partial charge >= 0.3 is 0 Å². The maximum Gasteiger partial charge on any atom is 0.00894 e. The summed E-state index contributed by atoms with van der Waals surface area (Å²) >= 11 is 0. The number of unbranched alkanes of at least 4 members (excludes halogenated alkanes) is 1. The smallest absolute Gasteiger partial charge is 0.00894 e. The molecule has 0 radical (unpaired) electrons. The van der Waals surface area contributed by atoms with Crippen LogP contribution in [0.2, 0.25) is 0 Å². The van der Waals surface area contributed by atoms with Gasteiger partial charge in [0.2, 0.25) is 0 Å². The van der Waals surface area contributed by atoms with Crippen molar-refractivity contribution in [2.45, 2.75) is 70.6 Å². The maximum absolute atomic E-state index is 7.17. The molecule has 1 N–H and O–H groups in total. The Hall–Kier alpha value is -2.41. The van der Waals surface area contributed by atoms with Gasteiger partial charge < -0.3 is 5.41 Å². The van der Waals surface area contributed by atoms with E-state index < -0.39 is 0 Å². The molecule has 0 aromatic carbocycles. The van der Waals surface area contributed by atoms with E-state index in [1.54, 1.807) is 22.3 Å². The normalized spacial score (nSPS) is 33.1. The predicted molar refractivity (Wildman–Crippen MR) is 146 cm³/mol. The third kappa shape index (κ3) is 5.29. The van der Waals surface area contributed by atoms with Crippen molar-refractivity contribution >= 4 is 6.21 Å². The van der Waals surface area contributed by atoms with Crippen molar-refractivity contribution in [1.29, 1.82) is 5.41 Å². The molecular formula is C33H41N. The second kappa shape index (κ2) is 11.3. The van der Waals surface area contributed by atoms with E-state index in [1.165, 1.54) is 57.6 Å². The molecule has 5 aliphatic carbocycles. The lowest BCUT2D eigenvalue weighted by Gasteiger charge is -2.39. The van der Waals surface area contributed by atoms with Crippen molar-refractivity contribution in [3.8, 4) is 0 Å². The van der Waals surface area contributed by atoms with Crippen LogP contribution < -0.4 is 0 Å². The molecular weight excluding hydrogens is 410 g/mol. The molecule has 0 spiro atoms. The van der Waals surface area contributed by atoms with Gasteiger partial charge in [0.05, 0.1) is 0 Å². The zero-order chi connectivity index (χ0) is 23.2. The fourth-order valence-corrected chi connectivity index (χ4v) is 6.87. The molecule has 34 heavy (non-hydrogen) atoms. The molecule has 0 saturated carbocycles. The zero-order valence-electron chi connectivity index (χ0n) is 20.7. The van der Waals surface area contributed by atoms with Crippen LogP contribution >= 0.6 is 0 Å². The zero-order valence-corrected chi connectivity index (χ0v) is 20.7. The Kier molecular flexibility index (Phi) is 7.79. The number of nitrogens with one attached hydrogen (secondary N) is 1. The van der Waals surface area contributed by atoms with Crippen LogP contribution in [0.25, 0.3) is 0 Å². The minimum Gasteiger partial charge on any atom is -0.313 e. The first-order valence-electron chi connectivity index (χ1n) is 13.8. The highest BCUT2D eigenvalue weighted by Crippen LogP contribution is 2.48. The van der Waals surface area contributed by atoms with Crippen molar-refractivity contribution in [3.63, 3.8) is 0 Å². The molecule has 0 heterocycles. The number of hydrogen-bond donors (Lipinski definition) is 1. The molecule has 0 aliphatic heterocycles. The van der Waals surface area contributed by atoms with Crippen molar-refractivity contribution in [2.24, 2.45) is 29.6 Å². The van der Waals surface area contributed by atoms with Crippen LogP contribution in [0.5, 0.6) is 0 Å². The number of hydrogen-bond acceptors (Lipinski definition) is 1.